The van der Waals surface area contributed by atoms with Gasteiger partial charge in [-0.15, -0.1) is 0 Å². The van der Waals surface area contributed by atoms with Gasteiger partial charge in [-0.05, 0) is 24.5 Å². The molecular weight excluding hydrogens is 302 g/mol. The molecule has 1 aromatic heterocycles. The van der Waals surface area contributed by atoms with Crippen LogP contribution < -0.4 is 10.2 Å². The van der Waals surface area contributed by atoms with E-state index in [1.807, 2.05) is 12.1 Å². The van der Waals surface area contributed by atoms with Crippen molar-refractivity contribution in [3.63, 3.8) is 0 Å². The standard InChI is InChI=1S/C18H21N5O/c1-12-6-14(22-15-10-24-11-15)9-23(8-12)16-3-2-13(7-19)17-18(16)21-5-4-20-17/h2-5,12,14-15,22H,6,8-11H2,1H3/t12-,14+/m0/s1. The van der Waals surface area contributed by atoms with Crippen molar-refractivity contribution in [2.45, 2.75) is 25.4 Å². The van der Waals surface area contributed by atoms with Crippen LogP contribution in [0.25, 0.3) is 11.0 Å². The summed E-state index contributed by atoms with van der Waals surface area (Å²) in [6, 6.07) is 7.01. The normalized spacial score (nSPS) is 24.6. The molecule has 6 heteroatoms. The first-order valence-electron chi connectivity index (χ1n) is 8.47. The van der Waals surface area contributed by atoms with Crippen LogP contribution in [0.2, 0.25) is 0 Å². The summed E-state index contributed by atoms with van der Waals surface area (Å²) >= 11 is 0. The number of nitrogens with one attached hydrogen (secondary N) is 1. The summed E-state index contributed by atoms with van der Waals surface area (Å²) in [5.74, 6) is 0.597. The number of nitrogens with zero attached hydrogens (tertiary/aromatic N) is 4. The molecule has 2 aliphatic rings. The van der Waals surface area contributed by atoms with Crippen LogP contribution in [0.3, 0.4) is 0 Å². The number of ether oxygens (including phenoxy) is 1. The van der Waals surface area contributed by atoms with E-state index in [1.54, 1.807) is 12.4 Å². The fourth-order valence-electron chi connectivity index (χ4n) is 3.72. The van der Waals surface area contributed by atoms with Gasteiger partial charge in [0.1, 0.15) is 17.1 Å². The van der Waals surface area contributed by atoms with Crippen LogP contribution in [0.4, 0.5) is 5.69 Å². The molecular formula is C18H21N5O. The highest BCUT2D eigenvalue weighted by molar-refractivity contribution is 5.92. The van der Waals surface area contributed by atoms with Crippen LogP contribution in [-0.2, 0) is 4.74 Å². The van der Waals surface area contributed by atoms with Crippen molar-refractivity contribution >= 4 is 16.7 Å². The van der Waals surface area contributed by atoms with Gasteiger partial charge in [-0.3, -0.25) is 9.97 Å². The zero-order chi connectivity index (χ0) is 16.5. The maximum Gasteiger partial charge on any atom is 0.113 e. The summed E-state index contributed by atoms with van der Waals surface area (Å²) in [5, 5.41) is 13.0. The van der Waals surface area contributed by atoms with Crippen molar-refractivity contribution in [1.82, 2.24) is 15.3 Å². The van der Waals surface area contributed by atoms with E-state index in [0.29, 0.717) is 29.1 Å². The topological polar surface area (TPSA) is 74.1 Å². The minimum Gasteiger partial charge on any atom is -0.378 e. The highest BCUT2D eigenvalue weighted by atomic mass is 16.5. The number of benzene rings is 1. The molecule has 0 aliphatic carbocycles. The highest BCUT2D eigenvalue weighted by Gasteiger charge is 2.29. The third-order valence-corrected chi connectivity index (χ3v) is 4.83. The third kappa shape index (κ3) is 2.81. The Morgan fingerprint density at radius 1 is 1.17 bits per heavy atom. The number of aromatic nitrogens is 2. The zero-order valence-corrected chi connectivity index (χ0v) is 13.8. The van der Waals surface area contributed by atoms with Crippen LogP contribution in [0, 0.1) is 17.2 Å². The van der Waals surface area contributed by atoms with E-state index in [0.717, 1.165) is 37.5 Å². The second kappa shape index (κ2) is 6.34. The number of anilines is 1. The van der Waals surface area contributed by atoms with Gasteiger partial charge in [-0.2, -0.15) is 5.26 Å². The Morgan fingerprint density at radius 3 is 2.67 bits per heavy atom. The summed E-state index contributed by atoms with van der Waals surface area (Å²) in [7, 11) is 0. The molecule has 124 valence electrons. The van der Waals surface area contributed by atoms with Gasteiger partial charge in [0.2, 0.25) is 0 Å². The quantitative estimate of drug-likeness (QED) is 0.927. The minimum absolute atomic E-state index is 0.449. The first-order chi connectivity index (χ1) is 11.7. The summed E-state index contributed by atoms with van der Waals surface area (Å²) in [6.45, 7) is 5.86. The lowest BCUT2D eigenvalue weighted by atomic mass is 9.94. The number of hydrogen-bond acceptors (Lipinski definition) is 6. The molecule has 2 fully saturated rings. The van der Waals surface area contributed by atoms with Crippen molar-refractivity contribution in [3.05, 3.63) is 30.1 Å². The molecule has 2 saturated heterocycles. The average Bonchev–Trinajstić information content (AvgIpc) is 2.56. The second-order valence-corrected chi connectivity index (χ2v) is 6.84. The van der Waals surface area contributed by atoms with E-state index in [2.05, 4.69) is 33.2 Å². The highest BCUT2D eigenvalue weighted by Crippen LogP contribution is 2.30. The average molecular weight is 323 g/mol. The SMILES string of the molecule is C[C@H]1C[C@@H](NC2COC2)CN(c2ccc(C#N)c3nccnc23)C1. The molecule has 0 saturated carbocycles. The van der Waals surface area contributed by atoms with Crippen molar-refractivity contribution in [2.75, 3.05) is 31.2 Å². The van der Waals surface area contributed by atoms with Gasteiger partial charge in [0, 0.05) is 31.5 Å². The molecule has 2 aromatic rings. The molecule has 2 aliphatic heterocycles. The Balaban J connectivity index is 1.64. The van der Waals surface area contributed by atoms with Gasteiger partial charge < -0.3 is 15.0 Å². The molecule has 0 spiro atoms. The summed E-state index contributed by atoms with van der Waals surface area (Å²) in [5.41, 5.74) is 3.15. The van der Waals surface area contributed by atoms with E-state index >= 15 is 0 Å². The molecule has 2 atom stereocenters. The van der Waals surface area contributed by atoms with Gasteiger partial charge in [-0.25, -0.2) is 0 Å². The Bertz CT molecular complexity index is 783. The van der Waals surface area contributed by atoms with Crippen molar-refractivity contribution < 1.29 is 4.74 Å². The summed E-state index contributed by atoms with van der Waals surface area (Å²) in [6.07, 6.45) is 4.52. The number of piperidine rings is 1. The molecule has 1 aromatic carbocycles. The number of fused-ring (bicyclic) bond motifs is 1. The molecule has 24 heavy (non-hydrogen) atoms. The van der Waals surface area contributed by atoms with Crippen molar-refractivity contribution in [1.29, 1.82) is 5.26 Å². The molecule has 0 unspecified atom stereocenters. The number of nitriles is 1. The van der Waals surface area contributed by atoms with E-state index in [9.17, 15) is 5.26 Å². The van der Waals surface area contributed by atoms with Crippen LogP contribution in [0.15, 0.2) is 24.5 Å². The van der Waals surface area contributed by atoms with E-state index in [-0.39, 0.29) is 0 Å². The van der Waals surface area contributed by atoms with Gasteiger partial charge in [0.25, 0.3) is 0 Å². The Kier molecular flexibility index (Phi) is 4.05. The fourth-order valence-corrected chi connectivity index (χ4v) is 3.72. The maximum absolute atomic E-state index is 9.30. The zero-order valence-electron chi connectivity index (χ0n) is 13.8. The lowest BCUT2D eigenvalue weighted by molar-refractivity contribution is -0.0114. The Morgan fingerprint density at radius 2 is 1.96 bits per heavy atom. The lowest BCUT2D eigenvalue weighted by Gasteiger charge is -2.41. The third-order valence-electron chi connectivity index (χ3n) is 4.83. The molecule has 0 radical (unpaired) electrons. The molecule has 0 amide bonds. The molecule has 3 heterocycles. The maximum atomic E-state index is 9.30. The number of rotatable bonds is 3. The molecule has 6 nitrogen and oxygen atoms in total. The van der Waals surface area contributed by atoms with Gasteiger partial charge >= 0.3 is 0 Å². The number of hydrogen-bond donors (Lipinski definition) is 1. The minimum atomic E-state index is 0.449. The van der Waals surface area contributed by atoms with Crippen LogP contribution in [-0.4, -0.2) is 48.4 Å². The second-order valence-electron chi connectivity index (χ2n) is 6.84. The van der Waals surface area contributed by atoms with E-state index in [1.165, 1.54) is 6.42 Å². The van der Waals surface area contributed by atoms with E-state index in [4.69, 9.17) is 4.74 Å². The van der Waals surface area contributed by atoms with Crippen LogP contribution in [0.5, 0.6) is 0 Å². The Labute approximate surface area is 141 Å². The van der Waals surface area contributed by atoms with Crippen LogP contribution in [0.1, 0.15) is 18.9 Å². The van der Waals surface area contributed by atoms with Crippen LogP contribution >= 0.6 is 0 Å². The molecule has 0 bridgehead atoms. The monoisotopic (exact) mass is 323 g/mol. The molecule has 1 N–H and O–H groups in total. The smallest absolute Gasteiger partial charge is 0.113 e. The Hall–Kier alpha value is -2.23. The lowest BCUT2D eigenvalue weighted by Crippen LogP contribution is -2.56. The van der Waals surface area contributed by atoms with Gasteiger partial charge in [0.15, 0.2) is 0 Å². The van der Waals surface area contributed by atoms with Gasteiger partial charge in [-0.1, -0.05) is 6.92 Å². The summed E-state index contributed by atoms with van der Waals surface area (Å²) in [4.78, 5) is 11.3. The fraction of sp³-hybridized carbons (Fsp3) is 0.500. The van der Waals surface area contributed by atoms with Crippen molar-refractivity contribution in [2.24, 2.45) is 5.92 Å². The first kappa shape index (κ1) is 15.3. The predicted molar refractivity (Wildman–Crippen MR) is 91.8 cm³/mol. The van der Waals surface area contributed by atoms with E-state index < -0.39 is 0 Å². The predicted octanol–water partition coefficient (Wildman–Crippen LogP) is 1.70. The van der Waals surface area contributed by atoms with Crippen molar-refractivity contribution in [3.8, 4) is 6.07 Å². The largest absolute Gasteiger partial charge is 0.378 e. The molecule has 4 rings (SSSR count). The van der Waals surface area contributed by atoms with Gasteiger partial charge in [0.05, 0.1) is 30.5 Å². The first-order valence-corrected chi connectivity index (χ1v) is 8.47. The summed E-state index contributed by atoms with van der Waals surface area (Å²) < 4.78 is 5.27.